The van der Waals surface area contributed by atoms with Crippen molar-refractivity contribution in [3.63, 3.8) is 0 Å². The highest BCUT2D eigenvalue weighted by Gasteiger charge is 2.24. The van der Waals surface area contributed by atoms with Gasteiger partial charge in [0.05, 0.1) is 5.56 Å². The van der Waals surface area contributed by atoms with Crippen LogP contribution in [0.2, 0.25) is 0 Å². The summed E-state index contributed by atoms with van der Waals surface area (Å²) >= 11 is -0.0471. The van der Waals surface area contributed by atoms with Gasteiger partial charge < -0.3 is 31.3 Å². The molecule has 0 saturated carbocycles. The molecule has 2 atom stereocenters. The third-order valence-corrected chi connectivity index (χ3v) is 4.54. The van der Waals surface area contributed by atoms with Crippen LogP contribution >= 0.6 is 12.1 Å². The number of carbonyl (C=O) groups excluding carboxylic acids is 2. The minimum Gasteiger partial charge on any atom is -0.481 e. The molecular formula is C18H23FN4O8S. The van der Waals surface area contributed by atoms with E-state index in [0.717, 1.165) is 0 Å². The molecule has 0 spiro atoms. The van der Waals surface area contributed by atoms with Crippen molar-refractivity contribution < 1.29 is 43.2 Å². The Morgan fingerprint density at radius 1 is 0.969 bits per heavy atom. The number of nitrogens with one attached hydrogen (secondary N) is 3. The maximum absolute atomic E-state index is 12.3. The average Bonchev–Trinajstić information content (AvgIpc) is 2.74. The van der Waals surface area contributed by atoms with Gasteiger partial charge in [-0.1, -0.05) is 0 Å². The number of carboxylic acids is 3. The summed E-state index contributed by atoms with van der Waals surface area (Å²) in [5.41, 5.74) is 0.237. The van der Waals surface area contributed by atoms with Crippen LogP contribution in [0.3, 0.4) is 0 Å². The molecule has 3 amide bonds. The summed E-state index contributed by atoms with van der Waals surface area (Å²) < 4.78 is 12.3. The fraction of sp³-hybridized carbons (Fsp3) is 0.444. The van der Waals surface area contributed by atoms with E-state index in [-0.39, 0.29) is 42.1 Å². The van der Waals surface area contributed by atoms with E-state index < -0.39 is 48.4 Å². The van der Waals surface area contributed by atoms with Crippen molar-refractivity contribution in [3.05, 3.63) is 23.9 Å². The number of halogens is 1. The highest BCUT2D eigenvalue weighted by Crippen LogP contribution is 2.15. The zero-order valence-corrected chi connectivity index (χ0v) is 17.6. The summed E-state index contributed by atoms with van der Waals surface area (Å²) in [4.78, 5) is 60.6. The lowest BCUT2D eigenvalue weighted by Crippen LogP contribution is -2.51. The van der Waals surface area contributed by atoms with Gasteiger partial charge in [-0.25, -0.2) is 19.4 Å². The lowest BCUT2D eigenvalue weighted by molar-refractivity contribution is -0.140. The number of pyridine rings is 1. The second-order valence-corrected chi connectivity index (χ2v) is 7.12. The first-order valence-electron chi connectivity index (χ1n) is 9.41. The molecule has 14 heteroatoms. The van der Waals surface area contributed by atoms with Gasteiger partial charge >= 0.3 is 23.9 Å². The first kappa shape index (κ1) is 26.6. The molecule has 1 aromatic rings. The Hall–Kier alpha value is -3.42. The van der Waals surface area contributed by atoms with Crippen molar-refractivity contribution in [2.24, 2.45) is 0 Å². The molecule has 0 aliphatic carbocycles. The number of rotatable bonds is 14. The maximum atomic E-state index is 12.3. The number of unbranched alkanes of at least 4 members (excludes halogenated alkanes) is 1. The standard InChI is InChI=1S/C18H23FN4O8S/c19-32-13-6-4-10(9-21-13)15(26)20-8-2-1-3-11(16(27)28)22-18(31)23-12(17(29)30)5-7-14(24)25/h4,6,9,11-12H,1-3,5,7-8H2,(H,20,26)(H,24,25)(H,27,28)(H,29,30)(H2,22,23,31)/t11?,12-/m0/s1. The van der Waals surface area contributed by atoms with Crippen molar-refractivity contribution in [3.8, 4) is 0 Å². The lowest BCUT2D eigenvalue weighted by atomic mass is 10.1. The topological polar surface area (TPSA) is 195 Å². The molecule has 0 aliphatic heterocycles. The van der Waals surface area contributed by atoms with Gasteiger partial charge in [0, 0.05) is 19.2 Å². The Morgan fingerprint density at radius 3 is 2.09 bits per heavy atom. The quantitative estimate of drug-likeness (QED) is 0.212. The SMILES string of the molecule is O=C(O)CC[C@H](NC(=O)NC(CCCCNC(=O)c1ccc(SF)nc1)C(=O)O)C(=O)O. The monoisotopic (exact) mass is 474 g/mol. The smallest absolute Gasteiger partial charge is 0.326 e. The van der Waals surface area contributed by atoms with E-state index in [1.54, 1.807) is 0 Å². The molecule has 0 aromatic carbocycles. The molecule has 1 heterocycles. The van der Waals surface area contributed by atoms with E-state index in [1.165, 1.54) is 18.3 Å². The van der Waals surface area contributed by atoms with Crippen molar-refractivity contribution in [1.82, 2.24) is 20.9 Å². The van der Waals surface area contributed by atoms with Crippen LogP contribution < -0.4 is 16.0 Å². The second-order valence-electron chi connectivity index (χ2n) is 6.55. The van der Waals surface area contributed by atoms with Crippen molar-refractivity contribution in [2.75, 3.05) is 6.54 Å². The fourth-order valence-electron chi connectivity index (χ4n) is 2.48. The molecule has 1 rings (SSSR count). The Kier molecular flexibility index (Phi) is 11.5. The van der Waals surface area contributed by atoms with Gasteiger partial charge in [-0.3, -0.25) is 9.59 Å². The van der Waals surface area contributed by atoms with Gasteiger partial charge in [0.15, 0.2) is 0 Å². The number of carboxylic acid groups (broad SMARTS) is 3. The number of hydrogen-bond donors (Lipinski definition) is 6. The first-order chi connectivity index (χ1) is 15.1. The molecule has 0 bridgehead atoms. The van der Waals surface area contributed by atoms with Crippen LogP contribution in [-0.4, -0.2) is 68.8 Å². The summed E-state index contributed by atoms with van der Waals surface area (Å²) in [7, 11) is 0. The van der Waals surface area contributed by atoms with Gasteiger partial charge in [-0.05, 0) is 37.8 Å². The summed E-state index contributed by atoms with van der Waals surface area (Å²) in [6.07, 6.45) is 1.09. The van der Waals surface area contributed by atoms with Crippen LogP contribution in [0.4, 0.5) is 8.68 Å². The predicted molar refractivity (Wildman–Crippen MR) is 109 cm³/mol. The Balaban J connectivity index is 2.41. The molecular weight excluding hydrogens is 451 g/mol. The van der Waals surface area contributed by atoms with Crippen LogP contribution in [0.5, 0.6) is 0 Å². The third-order valence-electron chi connectivity index (χ3n) is 4.14. The molecule has 1 aromatic heterocycles. The number of hydrogen-bond acceptors (Lipinski definition) is 7. The molecule has 1 unspecified atom stereocenters. The molecule has 32 heavy (non-hydrogen) atoms. The number of nitrogens with zero attached hydrogens (tertiary/aromatic N) is 1. The van der Waals surface area contributed by atoms with E-state index in [4.69, 9.17) is 10.2 Å². The summed E-state index contributed by atoms with van der Waals surface area (Å²) in [5.74, 6) is -4.45. The Morgan fingerprint density at radius 2 is 1.59 bits per heavy atom. The van der Waals surface area contributed by atoms with Gasteiger partial charge in [-0.15, -0.1) is 0 Å². The van der Waals surface area contributed by atoms with E-state index in [9.17, 15) is 33.0 Å². The van der Waals surface area contributed by atoms with E-state index in [2.05, 4.69) is 15.6 Å². The third kappa shape index (κ3) is 10.1. The van der Waals surface area contributed by atoms with Crippen LogP contribution in [0.1, 0.15) is 42.5 Å². The minimum absolute atomic E-state index is 0.00939. The molecule has 0 aliphatic rings. The predicted octanol–water partition coefficient (Wildman–Crippen LogP) is 1.03. The number of aliphatic carboxylic acids is 3. The zero-order valence-electron chi connectivity index (χ0n) is 16.7. The highest BCUT2D eigenvalue weighted by molar-refractivity contribution is 7.94. The molecule has 176 valence electrons. The molecule has 6 N–H and O–H groups in total. The van der Waals surface area contributed by atoms with Crippen molar-refractivity contribution in [1.29, 1.82) is 0 Å². The lowest BCUT2D eigenvalue weighted by Gasteiger charge is -2.18. The van der Waals surface area contributed by atoms with Gasteiger partial charge in [0.1, 0.15) is 29.3 Å². The van der Waals surface area contributed by atoms with Crippen molar-refractivity contribution >= 4 is 42.0 Å². The molecule has 0 radical (unpaired) electrons. The first-order valence-corrected chi connectivity index (χ1v) is 10.1. The van der Waals surface area contributed by atoms with E-state index in [0.29, 0.717) is 12.8 Å². The molecule has 0 saturated heterocycles. The van der Waals surface area contributed by atoms with Crippen molar-refractivity contribution in [2.45, 2.75) is 49.2 Å². The largest absolute Gasteiger partial charge is 0.481 e. The van der Waals surface area contributed by atoms with Crippen LogP contribution in [-0.2, 0) is 14.4 Å². The summed E-state index contributed by atoms with van der Waals surface area (Å²) in [6, 6.07) is -1.08. The van der Waals surface area contributed by atoms with Crippen LogP contribution in [0.25, 0.3) is 0 Å². The fourth-order valence-corrected chi connectivity index (χ4v) is 2.69. The van der Waals surface area contributed by atoms with Gasteiger partial charge in [0.2, 0.25) is 0 Å². The Labute approximate surface area is 186 Å². The number of amides is 3. The zero-order chi connectivity index (χ0) is 24.1. The number of urea groups is 1. The Bertz CT molecular complexity index is 824. The van der Waals surface area contributed by atoms with Crippen LogP contribution in [0.15, 0.2) is 23.4 Å². The number of aromatic nitrogens is 1. The van der Waals surface area contributed by atoms with E-state index >= 15 is 0 Å². The minimum atomic E-state index is -1.48. The molecule has 12 nitrogen and oxygen atoms in total. The normalized spacial score (nSPS) is 12.3. The van der Waals surface area contributed by atoms with E-state index in [1.807, 2.05) is 5.32 Å². The maximum Gasteiger partial charge on any atom is 0.326 e. The summed E-state index contributed by atoms with van der Waals surface area (Å²) in [6.45, 7) is 0.216. The second kappa shape index (κ2) is 13.8. The van der Waals surface area contributed by atoms with Crippen LogP contribution in [0, 0.1) is 0 Å². The highest BCUT2D eigenvalue weighted by atomic mass is 32.2. The van der Waals surface area contributed by atoms with Gasteiger partial charge in [0.25, 0.3) is 5.91 Å². The summed E-state index contributed by atoms with van der Waals surface area (Å²) in [5, 5.41) is 33.8. The molecule has 0 fully saturated rings. The average molecular weight is 474 g/mol. The van der Waals surface area contributed by atoms with Gasteiger partial charge in [-0.2, -0.15) is 3.89 Å². The number of carbonyl (C=O) groups is 5.